The number of ether oxygens (including phenoxy) is 1. The van der Waals surface area contributed by atoms with Crippen molar-refractivity contribution in [2.24, 2.45) is 0 Å². The molecule has 2 aromatic carbocycles. The summed E-state index contributed by atoms with van der Waals surface area (Å²) in [6, 6.07) is 10.7. The van der Waals surface area contributed by atoms with Crippen molar-refractivity contribution < 1.29 is 14.1 Å². The minimum Gasteiger partial charge on any atom is -0.485 e. The van der Waals surface area contributed by atoms with E-state index in [-0.39, 0.29) is 18.1 Å². The van der Waals surface area contributed by atoms with Crippen LogP contribution in [0.4, 0.5) is 10.1 Å². The van der Waals surface area contributed by atoms with Crippen LogP contribution in [0, 0.1) is 15.9 Å². The number of halogens is 1. The van der Waals surface area contributed by atoms with Crippen LogP contribution < -0.4 is 4.74 Å². The van der Waals surface area contributed by atoms with Gasteiger partial charge in [0, 0.05) is 12.6 Å². The number of nitro benzene ring substituents is 1. The van der Waals surface area contributed by atoms with E-state index >= 15 is 0 Å². The van der Waals surface area contributed by atoms with E-state index in [1.165, 1.54) is 18.2 Å². The Morgan fingerprint density at radius 3 is 2.83 bits per heavy atom. The van der Waals surface area contributed by atoms with Gasteiger partial charge in [-0.2, -0.15) is 0 Å². The Labute approximate surface area is 131 Å². The van der Waals surface area contributed by atoms with E-state index in [4.69, 9.17) is 4.74 Å². The summed E-state index contributed by atoms with van der Waals surface area (Å²) in [6.45, 7) is 2.65. The summed E-state index contributed by atoms with van der Waals surface area (Å²) >= 11 is 0. The molecule has 23 heavy (non-hydrogen) atoms. The SMILES string of the molecule is CCn1c(COc2cccc([N+](=O)[O-])c2)nc2c(F)cccc21. The number of nitro groups is 1. The first-order chi connectivity index (χ1) is 11.1. The molecular formula is C16H14FN3O3. The summed E-state index contributed by atoms with van der Waals surface area (Å²) in [5.41, 5.74) is 0.953. The van der Waals surface area contributed by atoms with Gasteiger partial charge in [-0.05, 0) is 25.1 Å². The zero-order valence-corrected chi connectivity index (χ0v) is 12.4. The molecule has 3 aromatic rings. The highest BCUT2D eigenvalue weighted by Crippen LogP contribution is 2.22. The third-order valence-corrected chi connectivity index (χ3v) is 3.52. The summed E-state index contributed by atoms with van der Waals surface area (Å²) < 4.78 is 21.3. The molecule has 1 aromatic heterocycles. The fourth-order valence-electron chi connectivity index (χ4n) is 2.46. The van der Waals surface area contributed by atoms with E-state index in [1.807, 2.05) is 11.5 Å². The van der Waals surface area contributed by atoms with Crippen molar-refractivity contribution in [1.29, 1.82) is 0 Å². The minimum absolute atomic E-state index is 0.0439. The van der Waals surface area contributed by atoms with Crippen molar-refractivity contribution in [1.82, 2.24) is 9.55 Å². The molecule has 0 aliphatic heterocycles. The van der Waals surface area contributed by atoms with Gasteiger partial charge < -0.3 is 9.30 Å². The smallest absolute Gasteiger partial charge is 0.273 e. The fraction of sp³-hybridized carbons (Fsp3) is 0.188. The Bertz CT molecular complexity index is 876. The molecule has 3 rings (SSSR count). The molecule has 0 atom stereocenters. The lowest BCUT2D eigenvalue weighted by molar-refractivity contribution is -0.384. The monoisotopic (exact) mass is 315 g/mol. The number of benzene rings is 2. The maximum atomic E-state index is 13.8. The van der Waals surface area contributed by atoms with E-state index in [2.05, 4.69) is 4.98 Å². The lowest BCUT2D eigenvalue weighted by Gasteiger charge is -2.08. The molecule has 0 aliphatic rings. The van der Waals surface area contributed by atoms with Crippen LogP contribution in [-0.2, 0) is 13.2 Å². The van der Waals surface area contributed by atoms with Crippen molar-refractivity contribution in [3.63, 3.8) is 0 Å². The normalized spacial score (nSPS) is 10.9. The van der Waals surface area contributed by atoms with Gasteiger partial charge in [0.2, 0.25) is 0 Å². The van der Waals surface area contributed by atoms with Crippen LogP contribution in [0.1, 0.15) is 12.7 Å². The Hall–Kier alpha value is -2.96. The van der Waals surface area contributed by atoms with Crippen LogP contribution in [0.15, 0.2) is 42.5 Å². The average molecular weight is 315 g/mol. The first-order valence-electron chi connectivity index (χ1n) is 7.11. The number of imidazole rings is 1. The number of rotatable bonds is 5. The van der Waals surface area contributed by atoms with Crippen molar-refractivity contribution in [2.45, 2.75) is 20.1 Å². The second-order valence-corrected chi connectivity index (χ2v) is 4.92. The van der Waals surface area contributed by atoms with E-state index < -0.39 is 4.92 Å². The number of nitrogens with zero attached hydrogens (tertiary/aromatic N) is 3. The number of aryl methyl sites for hydroxylation is 1. The van der Waals surface area contributed by atoms with Crippen LogP contribution in [0.3, 0.4) is 0 Å². The topological polar surface area (TPSA) is 70.2 Å². The van der Waals surface area contributed by atoms with Crippen LogP contribution in [0.5, 0.6) is 5.75 Å². The van der Waals surface area contributed by atoms with Crippen LogP contribution in [0.2, 0.25) is 0 Å². The highest BCUT2D eigenvalue weighted by molar-refractivity contribution is 5.76. The molecule has 0 aliphatic carbocycles. The van der Waals surface area contributed by atoms with Gasteiger partial charge in [-0.25, -0.2) is 9.37 Å². The molecule has 1 heterocycles. The van der Waals surface area contributed by atoms with Crippen molar-refractivity contribution in [3.8, 4) is 5.75 Å². The van der Waals surface area contributed by atoms with E-state index in [0.29, 0.717) is 29.2 Å². The lowest BCUT2D eigenvalue weighted by atomic mass is 10.3. The molecule has 0 fully saturated rings. The summed E-state index contributed by atoms with van der Waals surface area (Å²) in [6.07, 6.45) is 0. The quantitative estimate of drug-likeness (QED) is 0.532. The molecule has 0 spiro atoms. The van der Waals surface area contributed by atoms with Crippen molar-refractivity contribution >= 4 is 16.7 Å². The molecule has 6 nitrogen and oxygen atoms in total. The van der Waals surface area contributed by atoms with Crippen molar-refractivity contribution in [3.05, 3.63) is 64.2 Å². The maximum Gasteiger partial charge on any atom is 0.273 e. The Balaban J connectivity index is 1.89. The fourth-order valence-corrected chi connectivity index (χ4v) is 2.46. The summed E-state index contributed by atoms with van der Waals surface area (Å²) in [4.78, 5) is 14.6. The third-order valence-electron chi connectivity index (χ3n) is 3.52. The molecule has 0 bridgehead atoms. The lowest BCUT2D eigenvalue weighted by Crippen LogP contribution is -2.06. The Kier molecular flexibility index (Phi) is 3.92. The van der Waals surface area contributed by atoms with Crippen LogP contribution in [-0.4, -0.2) is 14.5 Å². The second kappa shape index (κ2) is 6.04. The zero-order valence-electron chi connectivity index (χ0n) is 12.4. The minimum atomic E-state index is -0.483. The molecule has 0 amide bonds. The van der Waals surface area contributed by atoms with Gasteiger partial charge in [0.15, 0.2) is 5.82 Å². The Morgan fingerprint density at radius 1 is 1.30 bits per heavy atom. The van der Waals surface area contributed by atoms with Gasteiger partial charge in [-0.1, -0.05) is 12.1 Å². The number of aromatic nitrogens is 2. The first kappa shape index (κ1) is 15.0. The number of fused-ring (bicyclic) bond motifs is 1. The molecule has 0 unspecified atom stereocenters. The number of hydrogen-bond acceptors (Lipinski definition) is 4. The van der Waals surface area contributed by atoms with Gasteiger partial charge in [0.1, 0.15) is 23.7 Å². The van der Waals surface area contributed by atoms with Gasteiger partial charge >= 0.3 is 0 Å². The van der Waals surface area contributed by atoms with E-state index in [0.717, 1.165) is 0 Å². The van der Waals surface area contributed by atoms with Crippen molar-refractivity contribution in [2.75, 3.05) is 0 Å². The van der Waals surface area contributed by atoms with Gasteiger partial charge in [-0.3, -0.25) is 10.1 Å². The first-order valence-corrected chi connectivity index (χ1v) is 7.11. The molecular weight excluding hydrogens is 301 g/mol. The predicted octanol–water partition coefficient (Wildman–Crippen LogP) is 3.68. The number of hydrogen-bond donors (Lipinski definition) is 0. The zero-order chi connectivity index (χ0) is 16.4. The highest BCUT2D eigenvalue weighted by Gasteiger charge is 2.13. The maximum absolute atomic E-state index is 13.8. The van der Waals surface area contributed by atoms with E-state index in [1.54, 1.807) is 24.3 Å². The number of para-hydroxylation sites is 1. The third kappa shape index (κ3) is 2.85. The summed E-state index contributed by atoms with van der Waals surface area (Å²) in [5.74, 6) is 0.555. The molecule has 0 N–H and O–H groups in total. The van der Waals surface area contributed by atoms with Crippen LogP contribution in [0.25, 0.3) is 11.0 Å². The average Bonchev–Trinajstić information content (AvgIpc) is 2.92. The molecule has 0 saturated heterocycles. The number of non-ortho nitro benzene ring substituents is 1. The van der Waals surface area contributed by atoms with Gasteiger partial charge in [0.25, 0.3) is 5.69 Å². The Morgan fingerprint density at radius 2 is 2.09 bits per heavy atom. The predicted molar refractivity (Wildman–Crippen MR) is 82.8 cm³/mol. The largest absolute Gasteiger partial charge is 0.485 e. The molecule has 0 saturated carbocycles. The summed E-state index contributed by atoms with van der Waals surface area (Å²) in [5, 5.41) is 10.8. The molecule has 7 heteroatoms. The van der Waals surface area contributed by atoms with Crippen LogP contribution >= 0.6 is 0 Å². The molecule has 0 radical (unpaired) electrons. The second-order valence-electron chi connectivity index (χ2n) is 4.92. The van der Waals surface area contributed by atoms with E-state index in [9.17, 15) is 14.5 Å². The standard InChI is InChI=1S/C16H14FN3O3/c1-2-19-14-8-4-7-13(17)16(14)18-15(19)10-23-12-6-3-5-11(9-12)20(21)22/h3-9H,2,10H2,1H3. The van der Waals surface area contributed by atoms with Gasteiger partial charge in [0.05, 0.1) is 16.5 Å². The molecule has 118 valence electrons. The summed E-state index contributed by atoms with van der Waals surface area (Å²) in [7, 11) is 0. The van der Waals surface area contributed by atoms with Gasteiger partial charge in [-0.15, -0.1) is 0 Å². The highest BCUT2D eigenvalue weighted by atomic mass is 19.1.